The van der Waals surface area contributed by atoms with E-state index >= 15 is 0 Å². The van der Waals surface area contributed by atoms with Crippen molar-refractivity contribution < 1.29 is 14.2 Å². The van der Waals surface area contributed by atoms with Crippen molar-refractivity contribution in [3.05, 3.63) is 47.4 Å². The highest BCUT2D eigenvalue weighted by Gasteiger charge is 2.19. The molecule has 1 aromatic carbocycles. The summed E-state index contributed by atoms with van der Waals surface area (Å²) in [5.74, 6) is 6.95. The molecule has 0 spiro atoms. The Kier molecular flexibility index (Phi) is 5.66. The van der Waals surface area contributed by atoms with Gasteiger partial charge in [0.2, 0.25) is 0 Å². The summed E-state index contributed by atoms with van der Waals surface area (Å²) in [6, 6.07) is 6.22. The molecule has 1 unspecified atom stereocenters. The number of nitrogens with zero attached hydrogens (tertiary/aromatic N) is 2. The lowest BCUT2D eigenvalue weighted by Crippen LogP contribution is -2.41. The van der Waals surface area contributed by atoms with Gasteiger partial charge in [-0.15, -0.1) is 0 Å². The van der Waals surface area contributed by atoms with Gasteiger partial charge >= 0.3 is 0 Å². The Morgan fingerprint density at radius 1 is 1.29 bits per heavy atom. The van der Waals surface area contributed by atoms with Crippen LogP contribution in [0.2, 0.25) is 0 Å². The first-order valence-corrected chi connectivity index (χ1v) is 9.84. The molecule has 4 rings (SSSR count). The second-order valence-electron chi connectivity index (χ2n) is 7.42. The van der Waals surface area contributed by atoms with E-state index in [4.69, 9.17) is 25.8 Å². The molecule has 1 saturated heterocycles. The van der Waals surface area contributed by atoms with Gasteiger partial charge in [0.05, 0.1) is 24.4 Å². The van der Waals surface area contributed by atoms with Gasteiger partial charge in [-0.2, -0.15) is 0 Å². The minimum absolute atomic E-state index is 0.250. The van der Waals surface area contributed by atoms with Crippen LogP contribution in [-0.4, -0.2) is 42.0 Å². The predicted molar refractivity (Wildman–Crippen MR) is 107 cm³/mol. The van der Waals surface area contributed by atoms with Crippen molar-refractivity contribution in [3.8, 4) is 5.75 Å². The monoisotopic (exact) mass is 384 g/mol. The third-order valence-electron chi connectivity index (χ3n) is 5.49. The number of fused-ring (bicyclic) bond motifs is 3. The largest absolute Gasteiger partial charge is 0.484 e. The summed E-state index contributed by atoms with van der Waals surface area (Å²) in [5, 5.41) is 2.81. The Morgan fingerprint density at radius 3 is 2.93 bits per heavy atom. The van der Waals surface area contributed by atoms with E-state index in [9.17, 15) is 0 Å². The van der Waals surface area contributed by atoms with Crippen LogP contribution >= 0.6 is 0 Å². The van der Waals surface area contributed by atoms with Crippen molar-refractivity contribution in [1.82, 2.24) is 9.99 Å². The molecule has 4 N–H and O–H groups in total. The number of pyridine rings is 1. The predicted octanol–water partition coefficient (Wildman–Crippen LogP) is 2.23. The second-order valence-corrected chi connectivity index (χ2v) is 7.42. The van der Waals surface area contributed by atoms with E-state index in [2.05, 4.69) is 11.1 Å². The number of rotatable bonds is 5. The average Bonchev–Trinajstić information content (AvgIpc) is 2.74. The zero-order chi connectivity index (χ0) is 19.5. The van der Waals surface area contributed by atoms with Crippen LogP contribution in [0.4, 0.5) is 0 Å². The van der Waals surface area contributed by atoms with E-state index in [1.54, 1.807) is 11.2 Å². The third-order valence-corrected chi connectivity index (χ3v) is 5.49. The Labute approximate surface area is 165 Å². The lowest BCUT2D eigenvalue weighted by molar-refractivity contribution is 0.0487. The van der Waals surface area contributed by atoms with Gasteiger partial charge in [-0.3, -0.25) is 4.98 Å². The van der Waals surface area contributed by atoms with E-state index in [1.807, 2.05) is 25.3 Å². The first-order valence-electron chi connectivity index (χ1n) is 9.84. The lowest BCUT2D eigenvalue weighted by atomic mass is 10.00. The fourth-order valence-electron chi connectivity index (χ4n) is 3.76. The molecule has 2 aromatic rings. The zero-order valence-corrected chi connectivity index (χ0v) is 16.3. The maximum absolute atomic E-state index is 6.25. The van der Waals surface area contributed by atoms with Crippen LogP contribution in [0.1, 0.15) is 30.9 Å². The molecule has 0 aliphatic carbocycles. The average molecular weight is 384 g/mol. The number of hydrogen-bond donors (Lipinski definition) is 2. The van der Waals surface area contributed by atoms with Crippen LogP contribution in [-0.2, 0) is 22.5 Å². The summed E-state index contributed by atoms with van der Waals surface area (Å²) in [6.45, 7) is 4.76. The van der Waals surface area contributed by atoms with Gasteiger partial charge in [0.25, 0.3) is 0 Å². The van der Waals surface area contributed by atoms with Crippen LogP contribution in [0, 0.1) is 0 Å². The molecule has 0 radical (unpaired) electrons. The number of aromatic nitrogens is 1. The number of ether oxygens (including phenoxy) is 3. The third kappa shape index (κ3) is 4.06. The summed E-state index contributed by atoms with van der Waals surface area (Å²) in [4.78, 5) is 4.54. The first-order chi connectivity index (χ1) is 13.6. The van der Waals surface area contributed by atoms with E-state index in [0.29, 0.717) is 12.3 Å². The summed E-state index contributed by atoms with van der Waals surface area (Å²) in [7, 11) is 0. The molecule has 1 fully saturated rings. The molecule has 0 saturated carbocycles. The topological polar surface area (TPSA) is 95.9 Å². The highest BCUT2D eigenvalue weighted by atomic mass is 16.5. The van der Waals surface area contributed by atoms with Gasteiger partial charge in [0.15, 0.2) is 0 Å². The van der Waals surface area contributed by atoms with Crippen molar-refractivity contribution >= 4 is 10.9 Å². The summed E-state index contributed by atoms with van der Waals surface area (Å²) in [6.07, 6.45) is 6.10. The molecule has 28 heavy (non-hydrogen) atoms. The quantitative estimate of drug-likeness (QED) is 0.603. The molecule has 0 bridgehead atoms. The highest BCUT2D eigenvalue weighted by molar-refractivity contribution is 5.84. The van der Waals surface area contributed by atoms with Gasteiger partial charge in [-0.1, -0.05) is 0 Å². The SMILES string of the molecule is CC(Oc1ccc2ncc3c(c2c1)CCOC3)/C(N)=C/N(N)C1CCOCC1. The molecule has 2 aliphatic heterocycles. The van der Waals surface area contributed by atoms with E-state index in [0.717, 1.165) is 61.3 Å². The Bertz CT molecular complexity index is 864. The molecule has 7 heteroatoms. The molecular weight excluding hydrogens is 356 g/mol. The minimum Gasteiger partial charge on any atom is -0.484 e. The van der Waals surface area contributed by atoms with Crippen molar-refractivity contribution in [3.63, 3.8) is 0 Å². The van der Waals surface area contributed by atoms with Crippen molar-refractivity contribution in [1.29, 1.82) is 0 Å². The fourth-order valence-corrected chi connectivity index (χ4v) is 3.76. The molecule has 1 aromatic heterocycles. The van der Waals surface area contributed by atoms with E-state index in [1.165, 1.54) is 5.56 Å². The second kappa shape index (κ2) is 8.34. The molecule has 2 aliphatic rings. The summed E-state index contributed by atoms with van der Waals surface area (Å²) >= 11 is 0. The molecule has 0 amide bonds. The molecular formula is C21H28N4O3. The normalized spacial score (nSPS) is 19.3. The minimum atomic E-state index is -0.292. The maximum atomic E-state index is 6.25. The van der Waals surface area contributed by atoms with Crippen LogP contribution < -0.4 is 16.3 Å². The standard InChI is InChI=1S/C21H28N4O3/c1-14(20(22)12-25(23)16-4-7-26-8-5-16)28-17-2-3-21-19(10-17)18-6-9-27-13-15(18)11-24-21/h2-3,10-12,14,16H,4-9,13,22-23H2,1H3/b20-12-. The molecule has 3 heterocycles. The summed E-state index contributed by atoms with van der Waals surface area (Å²) in [5.41, 5.74) is 10.3. The highest BCUT2D eigenvalue weighted by Crippen LogP contribution is 2.28. The Hall–Kier alpha value is -2.35. The smallest absolute Gasteiger partial charge is 0.136 e. The summed E-state index contributed by atoms with van der Waals surface area (Å²) < 4.78 is 17.0. The van der Waals surface area contributed by atoms with Crippen molar-refractivity contribution in [2.24, 2.45) is 11.6 Å². The molecule has 7 nitrogen and oxygen atoms in total. The van der Waals surface area contributed by atoms with Gasteiger partial charge in [0, 0.05) is 37.0 Å². The number of benzene rings is 1. The first kappa shape index (κ1) is 19.0. The van der Waals surface area contributed by atoms with Gasteiger partial charge in [-0.05, 0) is 55.5 Å². The number of nitrogens with two attached hydrogens (primary N) is 2. The zero-order valence-electron chi connectivity index (χ0n) is 16.3. The van der Waals surface area contributed by atoms with Gasteiger partial charge < -0.3 is 25.0 Å². The molecule has 150 valence electrons. The lowest BCUT2D eigenvalue weighted by Gasteiger charge is -2.30. The molecule has 1 atom stereocenters. The van der Waals surface area contributed by atoms with Crippen LogP contribution in [0.25, 0.3) is 10.9 Å². The number of hydrogen-bond acceptors (Lipinski definition) is 7. The van der Waals surface area contributed by atoms with Crippen molar-refractivity contribution in [2.75, 3.05) is 19.8 Å². The van der Waals surface area contributed by atoms with Crippen molar-refractivity contribution in [2.45, 2.75) is 44.9 Å². The Morgan fingerprint density at radius 2 is 2.11 bits per heavy atom. The van der Waals surface area contributed by atoms with Crippen LogP contribution in [0.15, 0.2) is 36.3 Å². The van der Waals surface area contributed by atoms with Crippen LogP contribution in [0.3, 0.4) is 0 Å². The van der Waals surface area contributed by atoms with Crippen LogP contribution in [0.5, 0.6) is 5.75 Å². The Balaban J connectivity index is 1.49. The maximum Gasteiger partial charge on any atom is 0.136 e. The van der Waals surface area contributed by atoms with E-state index in [-0.39, 0.29) is 12.1 Å². The number of hydrazine groups is 1. The van der Waals surface area contributed by atoms with E-state index < -0.39 is 0 Å². The van der Waals surface area contributed by atoms with Gasteiger partial charge in [-0.25, -0.2) is 5.84 Å². The fraction of sp³-hybridized carbons (Fsp3) is 0.476. The van der Waals surface area contributed by atoms with Gasteiger partial charge in [0.1, 0.15) is 11.9 Å².